The molecule has 0 aliphatic carbocycles. The third-order valence-corrected chi connectivity index (χ3v) is 3.56. The molecule has 0 radical (unpaired) electrons. The molecule has 1 rings (SSSR count). The second-order valence-corrected chi connectivity index (χ2v) is 5.28. The van der Waals surface area contributed by atoms with Crippen LogP contribution in [0.4, 0.5) is 0 Å². The number of aliphatic imine (C=N–C) groups is 1. The first-order valence-electron chi connectivity index (χ1n) is 7.61. The highest BCUT2D eigenvalue weighted by Crippen LogP contribution is 2.01. The maximum atomic E-state index is 4.20. The van der Waals surface area contributed by atoms with E-state index in [-0.39, 0.29) is 0 Å². The lowest BCUT2D eigenvalue weighted by Gasteiger charge is -2.32. The van der Waals surface area contributed by atoms with Gasteiger partial charge in [-0.05, 0) is 32.9 Å². The van der Waals surface area contributed by atoms with Gasteiger partial charge in [-0.25, -0.2) is 0 Å². The molecule has 2 N–H and O–H groups in total. The summed E-state index contributed by atoms with van der Waals surface area (Å²) in [7, 11) is 4.03. The number of unbranched alkanes of at least 4 members (excludes halogenated alkanes) is 1. The number of nitrogens with zero attached hydrogens (tertiary/aromatic N) is 3. The fourth-order valence-electron chi connectivity index (χ4n) is 2.20. The average molecular weight is 269 g/mol. The predicted octanol–water partition coefficient (Wildman–Crippen LogP) is 0.589. The largest absolute Gasteiger partial charge is 0.356 e. The highest BCUT2D eigenvalue weighted by molar-refractivity contribution is 5.79. The second-order valence-electron chi connectivity index (χ2n) is 5.28. The smallest absolute Gasteiger partial charge is 0.190 e. The van der Waals surface area contributed by atoms with Crippen molar-refractivity contribution in [3.05, 3.63) is 0 Å². The Hall–Kier alpha value is -0.810. The van der Waals surface area contributed by atoms with Crippen LogP contribution in [0, 0.1) is 0 Å². The predicted molar refractivity (Wildman–Crippen MR) is 82.8 cm³/mol. The zero-order valence-electron chi connectivity index (χ0n) is 12.9. The quantitative estimate of drug-likeness (QED) is 0.403. The van der Waals surface area contributed by atoms with Crippen LogP contribution < -0.4 is 10.6 Å². The van der Waals surface area contributed by atoms with Crippen molar-refractivity contribution in [1.29, 1.82) is 0 Å². The Kier molecular flexibility index (Phi) is 8.58. The van der Waals surface area contributed by atoms with E-state index < -0.39 is 0 Å². The van der Waals surface area contributed by atoms with Crippen molar-refractivity contribution in [1.82, 2.24) is 20.4 Å². The molecule has 0 amide bonds. The highest BCUT2D eigenvalue weighted by atomic mass is 15.2. The third-order valence-electron chi connectivity index (χ3n) is 3.56. The van der Waals surface area contributed by atoms with Crippen LogP contribution in [0.5, 0.6) is 0 Å². The maximum absolute atomic E-state index is 4.20. The second kappa shape index (κ2) is 10.0. The number of guanidine groups is 1. The Bertz CT molecular complexity index is 246. The first-order valence-corrected chi connectivity index (χ1v) is 7.61. The summed E-state index contributed by atoms with van der Waals surface area (Å²) in [6.07, 6.45) is 3.60. The number of rotatable bonds is 7. The Morgan fingerprint density at radius 3 is 2.37 bits per heavy atom. The summed E-state index contributed by atoms with van der Waals surface area (Å²) in [5.74, 6) is 0.932. The summed E-state index contributed by atoms with van der Waals surface area (Å²) < 4.78 is 0. The van der Waals surface area contributed by atoms with Crippen LogP contribution in [0.25, 0.3) is 0 Å². The van der Waals surface area contributed by atoms with Gasteiger partial charge in [0.15, 0.2) is 5.96 Å². The van der Waals surface area contributed by atoms with Gasteiger partial charge in [-0.1, -0.05) is 6.92 Å². The van der Waals surface area contributed by atoms with Gasteiger partial charge in [0, 0.05) is 46.3 Å². The van der Waals surface area contributed by atoms with E-state index in [1.165, 1.54) is 45.6 Å². The Labute approximate surface area is 118 Å². The zero-order chi connectivity index (χ0) is 13.9. The van der Waals surface area contributed by atoms with E-state index >= 15 is 0 Å². The Balaban J connectivity index is 1.98. The summed E-state index contributed by atoms with van der Waals surface area (Å²) in [5.41, 5.74) is 0. The molecule has 19 heavy (non-hydrogen) atoms. The van der Waals surface area contributed by atoms with Gasteiger partial charge in [0.1, 0.15) is 0 Å². The molecule has 1 heterocycles. The van der Waals surface area contributed by atoms with Crippen LogP contribution in [0.15, 0.2) is 4.99 Å². The van der Waals surface area contributed by atoms with E-state index in [1.807, 2.05) is 7.05 Å². The van der Waals surface area contributed by atoms with Crippen LogP contribution in [-0.4, -0.2) is 75.7 Å². The van der Waals surface area contributed by atoms with E-state index in [0.717, 1.165) is 25.5 Å². The highest BCUT2D eigenvalue weighted by Gasteiger charge is 2.12. The molecule has 112 valence electrons. The maximum Gasteiger partial charge on any atom is 0.190 e. The molecule has 0 aromatic rings. The van der Waals surface area contributed by atoms with Gasteiger partial charge in [0.25, 0.3) is 0 Å². The summed E-state index contributed by atoms with van der Waals surface area (Å²) in [6, 6.07) is 0. The lowest BCUT2D eigenvalue weighted by atomic mass is 10.2. The molecule has 0 saturated carbocycles. The van der Waals surface area contributed by atoms with Gasteiger partial charge < -0.3 is 20.4 Å². The van der Waals surface area contributed by atoms with Gasteiger partial charge in [-0.15, -0.1) is 0 Å². The zero-order valence-corrected chi connectivity index (χ0v) is 12.9. The molecule has 5 nitrogen and oxygen atoms in total. The molecule has 0 unspecified atom stereocenters. The van der Waals surface area contributed by atoms with Crippen molar-refractivity contribution >= 4 is 5.96 Å². The van der Waals surface area contributed by atoms with Crippen LogP contribution in [0.3, 0.4) is 0 Å². The van der Waals surface area contributed by atoms with E-state index in [0.29, 0.717) is 0 Å². The van der Waals surface area contributed by atoms with Gasteiger partial charge in [0.05, 0.1) is 0 Å². The fourth-order valence-corrected chi connectivity index (χ4v) is 2.20. The number of piperazine rings is 1. The van der Waals surface area contributed by atoms with Crippen molar-refractivity contribution in [3.8, 4) is 0 Å². The molecule has 1 aliphatic heterocycles. The Morgan fingerprint density at radius 2 is 1.74 bits per heavy atom. The SMILES string of the molecule is CCCNC(=NC)NCCCCN1CCN(C)CC1. The summed E-state index contributed by atoms with van der Waals surface area (Å²) in [6.45, 7) is 10.3. The van der Waals surface area contributed by atoms with Gasteiger partial charge in [-0.3, -0.25) is 4.99 Å². The van der Waals surface area contributed by atoms with Gasteiger partial charge in [-0.2, -0.15) is 0 Å². The minimum absolute atomic E-state index is 0.932. The standard InChI is InChI=1S/C14H31N5/c1-4-7-16-14(15-2)17-8-5-6-9-19-12-10-18(3)11-13-19/h4-13H2,1-3H3,(H2,15,16,17). The topological polar surface area (TPSA) is 42.9 Å². The lowest BCUT2D eigenvalue weighted by molar-refractivity contribution is 0.152. The molecular formula is C14H31N5. The summed E-state index contributed by atoms with van der Waals surface area (Å²) in [4.78, 5) is 9.18. The van der Waals surface area contributed by atoms with E-state index in [2.05, 4.69) is 39.4 Å². The van der Waals surface area contributed by atoms with Gasteiger partial charge in [0.2, 0.25) is 0 Å². The molecule has 0 atom stereocenters. The summed E-state index contributed by atoms with van der Waals surface area (Å²) >= 11 is 0. The molecule has 5 heteroatoms. The number of likely N-dealkylation sites (N-methyl/N-ethyl adjacent to an activating group) is 1. The minimum Gasteiger partial charge on any atom is -0.356 e. The van der Waals surface area contributed by atoms with E-state index in [9.17, 15) is 0 Å². The van der Waals surface area contributed by atoms with Crippen LogP contribution in [-0.2, 0) is 0 Å². The minimum atomic E-state index is 0.932. The first-order chi connectivity index (χ1) is 9.26. The monoisotopic (exact) mass is 269 g/mol. The molecule has 1 saturated heterocycles. The summed E-state index contributed by atoms with van der Waals surface area (Å²) in [5, 5.41) is 6.65. The molecule has 0 bridgehead atoms. The molecular weight excluding hydrogens is 238 g/mol. The van der Waals surface area contributed by atoms with Crippen molar-refractivity contribution in [2.45, 2.75) is 26.2 Å². The number of hydrogen-bond acceptors (Lipinski definition) is 3. The average Bonchev–Trinajstić information content (AvgIpc) is 2.44. The first kappa shape index (κ1) is 16.2. The molecule has 0 aromatic carbocycles. The third kappa shape index (κ3) is 7.38. The van der Waals surface area contributed by atoms with Crippen LogP contribution in [0.2, 0.25) is 0 Å². The normalized spacial score (nSPS) is 18.6. The molecule has 1 aliphatic rings. The van der Waals surface area contributed by atoms with Crippen molar-refractivity contribution in [2.24, 2.45) is 4.99 Å². The number of hydrogen-bond donors (Lipinski definition) is 2. The van der Waals surface area contributed by atoms with Crippen molar-refractivity contribution in [3.63, 3.8) is 0 Å². The van der Waals surface area contributed by atoms with Crippen molar-refractivity contribution < 1.29 is 0 Å². The van der Waals surface area contributed by atoms with Crippen LogP contribution in [0.1, 0.15) is 26.2 Å². The molecule has 0 spiro atoms. The van der Waals surface area contributed by atoms with Gasteiger partial charge >= 0.3 is 0 Å². The van der Waals surface area contributed by atoms with E-state index in [4.69, 9.17) is 0 Å². The molecule has 1 fully saturated rings. The Morgan fingerprint density at radius 1 is 1.05 bits per heavy atom. The van der Waals surface area contributed by atoms with Crippen LogP contribution >= 0.6 is 0 Å². The van der Waals surface area contributed by atoms with E-state index in [1.54, 1.807) is 0 Å². The van der Waals surface area contributed by atoms with Crippen molar-refractivity contribution in [2.75, 3.05) is 59.9 Å². The fraction of sp³-hybridized carbons (Fsp3) is 0.929. The lowest BCUT2D eigenvalue weighted by Crippen LogP contribution is -2.44. The number of nitrogens with one attached hydrogen (secondary N) is 2. The molecule has 0 aromatic heterocycles.